The highest BCUT2D eigenvalue weighted by Gasteiger charge is 2.21. The molecule has 0 atom stereocenters. The van der Waals surface area contributed by atoms with E-state index in [0.29, 0.717) is 16.9 Å². The fraction of sp³-hybridized carbons (Fsp3) is 0.211. The molecule has 0 N–H and O–H groups in total. The largest absolute Gasteiger partial charge is 0.452 e. The average Bonchev–Trinajstić information content (AvgIpc) is 3.70. The Hall–Kier alpha value is -5.04. The SMILES string of the molecule is CC(C)(C)c1ccc(N(c2ccc(C(C)(C)C)cc2)c2ccc3c(c2)oc2cc(-c4ccc(C=C(C#N)C#N)s4)oc23)cc1. The number of benzene rings is 3. The topological polar surface area (TPSA) is 77.1 Å². The van der Waals surface area contributed by atoms with Crippen molar-refractivity contribution in [1.29, 1.82) is 10.5 Å². The maximum atomic E-state index is 9.07. The molecule has 5 nitrogen and oxygen atoms in total. The van der Waals surface area contributed by atoms with E-state index < -0.39 is 0 Å². The minimum absolute atomic E-state index is 0.0648. The van der Waals surface area contributed by atoms with Crippen LogP contribution in [0.15, 0.2) is 99.3 Å². The summed E-state index contributed by atoms with van der Waals surface area (Å²) in [5.74, 6) is 0.685. The zero-order valence-electron chi connectivity index (χ0n) is 25.7. The zero-order valence-corrected chi connectivity index (χ0v) is 26.5. The fourth-order valence-electron chi connectivity index (χ4n) is 5.26. The molecular formula is C38H33N3O2S. The standard InChI is InChI=1S/C38H33N3O2S/c1-37(2,3)25-7-11-27(12-8-25)41(28-13-9-26(10-14-28)38(4,5)6)29-15-17-31-32(20-29)42-34-21-33(43-36(31)34)35-18-16-30(44-35)19-24(22-39)23-40/h7-21H,1-6H3. The van der Waals surface area contributed by atoms with Crippen molar-refractivity contribution < 1.29 is 8.83 Å². The van der Waals surface area contributed by atoms with Gasteiger partial charge in [0.2, 0.25) is 0 Å². The first-order valence-corrected chi connectivity index (χ1v) is 15.4. The molecule has 0 aliphatic heterocycles. The molecular weight excluding hydrogens is 563 g/mol. The van der Waals surface area contributed by atoms with Crippen LogP contribution in [-0.2, 0) is 10.8 Å². The van der Waals surface area contributed by atoms with Crippen LogP contribution < -0.4 is 4.90 Å². The van der Waals surface area contributed by atoms with Gasteiger partial charge in [-0.2, -0.15) is 10.5 Å². The second-order valence-corrected chi connectivity index (χ2v) is 14.1. The third-order valence-electron chi connectivity index (χ3n) is 7.77. The van der Waals surface area contributed by atoms with Crippen molar-refractivity contribution in [2.24, 2.45) is 0 Å². The monoisotopic (exact) mass is 595 g/mol. The Balaban J connectivity index is 1.40. The molecule has 0 aliphatic rings. The number of thiophene rings is 1. The van der Waals surface area contributed by atoms with Gasteiger partial charge in [-0.15, -0.1) is 11.3 Å². The molecule has 3 aromatic heterocycles. The summed E-state index contributed by atoms with van der Waals surface area (Å²) in [4.78, 5) is 3.96. The Kier molecular flexibility index (Phi) is 7.20. The highest BCUT2D eigenvalue weighted by Crippen LogP contribution is 2.42. The molecule has 3 aromatic carbocycles. The molecule has 0 bridgehead atoms. The second-order valence-electron chi connectivity index (χ2n) is 13.0. The first-order valence-electron chi connectivity index (χ1n) is 14.5. The summed E-state index contributed by atoms with van der Waals surface area (Å²) >= 11 is 1.45. The van der Waals surface area contributed by atoms with E-state index in [4.69, 9.17) is 19.4 Å². The molecule has 6 rings (SSSR count). The lowest BCUT2D eigenvalue weighted by Crippen LogP contribution is -2.14. The van der Waals surface area contributed by atoms with Crippen LogP contribution in [0.5, 0.6) is 0 Å². The van der Waals surface area contributed by atoms with Crippen molar-refractivity contribution in [2.45, 2.75) is 52.4 Å². The number of anilines is 3. The number of fused-ring (bicyclic) bond motifs is 3. The first-order chi connectivity index (χ1) is 20.9. The van der Waals surface area contributed by atoms with E-state index in [0.717, 1.165) is 37.8 Å². The summed E-state index contributed by atoms with van der Waals surface area (Å²) < 4.78 is 12.6. The van der Waals surface area contributed by atoms with Gasteiger partial charge >= 0.3 is 0 Å². The van der Waals surface area contributed by atoms with E-state index in [1.54, 1.807) is 6.08 Å². The Bertz CT molecular complexity index is 2020. The van der Waals surface area contributed by atoms with Gasteiger partial charge in [0.1, 0.15) is 29.1 Å². The van der Waals surface area contributed by atoms with Gasteiger partial charge in [0.15, 0.2) is 11.2 Å². The molecule has 6 heteroatoms. The van der Waals surface area contributed by atoms with E-state index in [1.807, 2.05) is 30.3 Å². The minimum atomic E-state index is 0.0648. The molecule has 0 aliphatic carbocycles. The van der Waals surface area contributed by atoms with Crippen molar-refractivity contribution in [2.75, 3.05) is 4.90 Å². The average molecular weight is 596 g/mol. The van der Waals surface area contributed by atoms with Gasteiger partial charge < -0.3 is 13.7 Å². The normalized spacial score (nSPS) is 11.8. The molecule has 0 unspecified atom stereocenters. The van der Waals surface area contributed by atoms with Crippen LogP contribution in [0.1, 0.15) is 57.5 Å². The van der Waals surface area contributed by atoms with Crippen LogP contribution in [0.3, 0.4) is 0 Å². The number of allylic oxidation sites excluding steroid dienone is 1. The molecule has 0 radical (unpaired) electrons. The summed E-state index contributed by atoms with van der Waals surface area (Å²) in [5.41, 5.74) is 7.99. The Labute approximate surface area is 261 Å². The maximum absolute atomic E-state index is 9.07. The summed E-state index contributed by atoms with van der Waals surface area (Å²) in [7, 11) is 0. The quantitative estimate of drug-likeness (QED) is 0.185. The molecule has 0 fully saturated rings. The Morgan fingerprint density at radius 3 is 1.80 bits per heavy atom. The van der Waals surface area contributed by atoms with E-state index >= 15 is 0 Å². The van der Waals surface area contributed by atoms with Gasteiger partial charge in [0.05, 0.1) is 10.3 Å². The van der Waals surface area contributed by atoms with Crippen molar-refractivity contribution in [3.63, 3.8) is 0 Å². The third-order valence-corrected chi connectivity index (χ3v) is 8.81. The predicted molar refractivity (Wildman–Crippen MR) is 181 cm³/mol. The fourth-order valence-corrected chi connectivity index (χ4v) is 6.17. The highest BCUT2D eigenvalue weighted by atomic mass is 32.1. The molecule has 44 heavy (non-hydrogen) atoms. The Morgan fingerprint density at radius 2 is 1.25 bits per heavy atom. The first kappa shape index (κ1) is 29.1. The number of rotatable bonds is 5. The van der Waals surface area contributed by atoms with Gasteiger partial charge in [-0.05, 0) is 76.6 Å². The van der Waals surface area contributed by atoms with Gasteiger partial charge in [0, 0.05) is 34.1 Å². The van der Waals surface area contributed by atoms with Crippen molar-refractivity contribution in [1.82, 2.24) is 0 Å². The minimum Gasteiger partial charge on any atom is -0.452 e. The molecule has 0 saturated heterocycles. The summed E-state index contributed by atoms with van der Waals surface area (Å²) in [5, 5.41) is 19.0. The van der Waals surface area contributed by atoms with Gasteiger partial charge in [0.25, 0.3) is 0 Å². The van der Waals surface area contributed by atoms with Crippen LogP contribution in [-0.4, -0.2) is 0 Å². The second kappa shape index (κ2) is 10.9. The van der Waals surface area contributed by atoms with Crippen molar-refractivity contribution in [3.8, 4) is 22.8 Å². The lowest BCUT2D eigenvalue weighted by Gasteiger charge is -2.28. The Morgan fingerprint density at radius 1 is 0.682 bits per heavy atom. The summed E-state index contributed by atoms with van der Waals surface area (Å²) in [6, 6.07) is 33.3. The lowest BCUT2D eigenvalue weighted by molar-refractivity contribution is 0.590. The number of hydrogen-bond acceptors (Lipinski definition) is 6. The van der Waals surface area contributed by atoms with Crippen molar-refractivity contribution in [3.05, 3.63) is 107 Å². The van der Waals surface area contributed by atoms with Crippen molar-refractivity contribution >= 4 is 56.6 Å². The smallest absolute Gasteiger partial charge is 0.181 e. The molecule has 0 saturated carbocycles. The summed E-state index contributed by atoms with van der Waals surface area (Å²) in [6.07, 6.45) is 1.58. The zero-order chi connectivity index (χ0) is 31.2. The van der Waals surface area contributed by atoms with E-state index in [-0.39, 0.29) is 16.4 Å². The molecule has 0 amide bonds. The van der Waals surface area contributed by atoms with Crippen LogP contribution in [0.2, 0.25) is 0 Å². The van der Waals surface area contributed by atoms with Gasteiger partial charge in [-0.25, -0.2) is 0 Å². The van der Waals surface area contributed by atoms with Crippen LogP contribution in [0.4, 0.5) is 17.1 Å². The number of nitriles is 2. The highest BCUT2D eigenvalue weighted by molar-refractivity contribution is 7.16. The van der Waals surface area contributed by atoms with E-state index in [1.165, 1.54) is 22.5 Å². The predicted octanol–water partition coefficient (Wildman–Crippen LogP) is 11.4. The molecule has 6 aromatic rings. The number of hydrogen-bond donors (Lipinski definition) is 0. The van der Waals surface area contributed by atoms with Crippen LogP contribution in [0, 0.1) is 22.7 Å². The van der Waals surface area contributed by atoms with Crippen LogP contribution in [0.25, 0.3) is 38.8 Å². The van der Waals surface area contributed by atoms with E-state index in [9.17, 15) is 0 Å². The van der Waals surface area contributed by atoms with Crippen LogP contribution >= 0.6 is 11.3 Å². The van der Waals surface area contributed by atoms with Gasteiger partial charge in [-0.3, -0.25) is 0 Å². The van der Waals surface area contributed by atoms with Gasteiger partial charge in [-0.1, -0.05) is 65.8 Å². The number of nitrogens with zero attached hydrogens (tertiary/aromatic N) is 3. The number of furan rings is 2. The lowest BCUT2D eigenvalue weighted by atomic mass is 9.86. The molecule has 3 heterocycles. The third kappa shape index (κ3) is 5.53. The molecule has 0 spiro atoms. The molecule has 218 valence electrons. The maximum Gasteiger partial charge on any atom is 0.181 e. The van der Waals surface area contributed by atoms with E-state index in [2.05, 4.69) is 113 Å². The summed E-state index contributed by atoms with van der Waals surface area (Å²) in [6.45, 7) is 13.4.